The fourth-order valence-electron chi connectivity index (χ4n) is 6.06. The van der Waals surface area contributed by atoms with Crippen molar-refractivity contribution in [2.45, 2.75) is 51.4 Å². The second kappa shape index (κ2) is 8.64. The Morgan fingerprint density at radius 3 is 2.26 bits per heavy atom. The summed E-state index contributed by atoms with van der Waals surface area (Å²) in [5.74, 6) is 0.596. The molecule has 0 bridgehead atoms. The Labute approximate surface area is 206 Å². The molecule has 0 unspecified atom stereocenters. The van der Waals surface area contributed by atoms with Gasteiger partial charge in [-0.25, -0.2) is 8.96 Å². The third kappa shape index (κ3) is 3.74. The summed E-state index contributed by atoms with van der Waals surface area (Å²) in [5.41, 5.74) is 8.30. The highest BCUT2D eigenvalue weighted by Gasteiger charge is 2.29. The highest BCUT2D eigenvalue weighted by molar-refractivity contribution is 6.10. The number of fused-ring (bicyclic) bond motifs is 3. The molecule has 3 aromatic carbocycles. The Kier molecular flexibility index (Phi) is 5.44. The molecular weight excluding hydrogens is 433 g/mol. The van der Waals surface area contributed by atoms with E-state index < -0.39 is 0 Å². The molecule has 6 rings (SSSR count). The molecule has 0 amide bonds. The Morgan fingerprint density at radius 2 is 1.49 bits per heavy atom. The van der Waals surface area contributed by atoms with E-state index in [-0.39, 0.29) is 11.7 Å². The van der Waals surface area contributed by atoms with Crippen molar-refractivity contribution in [1.82, 2.24) is 0 Å². The largest absolute Gasteiger partial charge is 0.455 e. The van der Waals surface area contributed by atoms with Crippen molar-refractivity contribution in [2.24, 2.45) is 7.05 Å². The lowest BCUT2D eigenvalue weighted by Crippen LogP contribution is -2.30. The Morgan fingerprint density at radius 1 is 0.800 bits per heavy atom. The standard InChI is InChI=1S/C32H31FNO/c1-20-17-18-34(3)28(19-20)29-21(2)9-14-25-26-15-16-27(33)30(32(26)35-31(25)29)24-12-10-23(11-13-24)22-7-5-4-6-8-22/h4-9,14-19,23-24H,10-13H2,1-3H3/q+1. The third-order valence-electron chi connectivity index (χ3n) is 7.97. The van der Waals surface area contributed by atoms with Gasteiger partial charge in [-0.2, -0.15) is 0 Å². The maximum absolute atomic E-state index is 15.4. The third-order valence-corrected chi connectivity index (χ3v) is 7.97. The van der Waals surface area contributed by atoms with Crippen molar-refractivity contribution in [3.05, 3.63) is 101 Å². The molecule has 2 heterocycles. The van der Waals surface area contributed by atoms with E-state index in [0.29, 0.717) is 5.92 Å². The average molecular weight is 465 g/mol. The number of hydrogen-bond donors (Lipinski definition) is 0. The van der Waals surface area contributed by atoms with E-state index in [4.69, 9.17) is 4.42 Å². The van der Waals surface area contributed by atoms with E-state index in [1.807, 2.05) is 6.07 Å². The van der Waals surface area contributed by atoms with Gasteiger partial charge in [0.05, 0.1) is 5.56 Å². The van der Waals surface area contributed by atoms with Gasteiger partial charge in [0.1, 0.15) is 24.0 Å². The SMILES string of the molecule is Cc1cc[n+](C)c(-c2c(C)ccc3c2oc2c(C4CCC(c5ccccc5)CC4)c(F)ccc23)c1. The second-order valence-electron chi connectivity index (χ2n) is 10.2. The molecule has 1 fully saturated rings. The first kappa shape index (κ1) is 22.0. The molecule has 3 heteroatoms. The summed E-state index contributed by atoms with van der Waals surface area (Å²) in [4.78, 5) is 0. The van der Waals surface area contributed by atoms with Crippen LogP contribution >= 0.6 is 0 Å². The minimum absolute atomic E-state index is 0.140. The van der Waals surface area contributed by atoms with Crippen molar-refractivity contribution in [1.29, 1.82) is 0 Å². The van der Waals surface area contributed by atoms with Crippen molar-refractivity contribution in [2.75, 3.05) is 0 Å². The monoisotopic (exact) mass is 464 g/mol. The molecule has 1 aliphatic carbocycles. The van der Waals surface area contributed by atoms with Crippen LogP contribution in [-0.2, 0) is 7.05 Å². The van der Waals surface area contributed by atoms with Crippen LogP contribution in [0.2, 0.25) is 0 Å². The van der Waals surface area contributed by atoms with Crippen LogP contribution < -0.4 is 4.57 Å². The quantitative estimate of drug-likeness (QED) is 0.246. The first-order valence-electron chi connectivity index (χ1n) is 12.7. The maximum Gasteiger partial charge on any atom is 0.216 e. The highest BCUT2D eigenvalue weighted by atomic mass is 19.1. The summed E-state index contributed by atoms with van der Waals surface area (Å²) in [6.07, 6.45) is 6.20. The van der Waals surface area contributed by atoms with Crippen LogP contribution in [-0.4, -0.2) is 0 Å². The van der Waals surface area contributed by atoms with Gasteiger partial charge in [0, 0.05) is 28.5 Å². The number of nitrogens with zero attached hydrogens (tertiary/aromatic N) is 1. The maximum atomic E-state index is 15.4. The van der Waals surface area contributed by atoms with Gasteiger partial charge in [-0.1, -0.05) is 42.5 Å². The molecule has 0 N–H and O–H groups in total. The predicted molar refractivity (Wildman–Crippen MR) is 140 cm³/mol. The number of halogens is 1. The number of furan rings is 1. The van der Waals surface area contributed by atoms with Gasteiger partial charge in [-0.3, -0.25) is 0 Å². The summed E-state index contributed by atoms with van der Waals surface area (Å²) in [6.45, 7) is 4.23. The fourth-order valence-corrected chi connectivity index (χ4v) is 6.06. The van der Waals surface area contributed by atoms with Gasteiger partial charge in [-0.05, 0) is 80.2 Å². The van der Waals surface area contributed by atoms with E-state index in [0.717, 1.165) is 70.0 Å². The molecule has 2 nitrogen and oxygen atoms in total. The average Bonchev–Trinajstić information content (AvgIpc) is 3.24. The molecule has 2 aromatic heterocycles. The minimum Gasteiger partial charge on any atom is -0.455 e. The molecule has 0 atom stereocenters. The molecule has 0 spiro atoms. The topological polar surface area (TPSA) is 17.0 Å². The summed E-state index contributed by atoms with van der Waals surface area (Å²) < 4.78 is 24.2. The van der Waals surface area contributed by atoms with E-state index in [1.54, 1.807) is 6.07 Å². The Bertz CT molecular complexity index is 1540. The van der Waals surface area contributed by atoms with E-state index >= 15 is 4.39 Å². The molecule has 35 heavy (non-hydrogen) atoms. The lowest BCUT2D eigenvalue weighted by Gasteiger charge is -2.29. The van der Waals surface area contributed by atoms with Crippen molar-refractivity contribution in [3.8, 4) is 11.3 Å². The first-order valence-corrected chi connectivity index (χ1v) is 12.7. The van der Waals surface area contributed by atoms with Gasteiger partial charge in [0.2, 0.25) is 5.69 Å². The second-order valence-corrected chi connectivity index (χ2v) is 10.2. The number of hydrogen-bond acceptors (Lipinski definition) is 1. The van der Waals surface area contributed by atoms with Gasteiger partial charge in [0.25, 0.3) is 0 Å². The molecule has 0 radical (unpaired) electrons. The van der Waals surface area contributed by atoms with Gasteiger partial charge >= 0.3 is 0 Å². The molecular formula is C32H31FNO+. The zero-order chi connectivity index (χ0) is 24.1. The van der Waals surface area contributed by atoms with E-state index in [1.165, 1.54) is 11.1 Å². The summed E-state index contributed by atoms with van der Waals surface area (Å²) in [7, 11) is 2.06. The van der Waals surface area contributed by atoms with Crippen molar-refractivity contribution in [3.63, 3.8) is 0 Å². The van der Waals surface area contributed by atoms with Crippen LogP contribution in [0.5, 0.6) is 0 Å². The van der Waals surface area contributed by atoms with Crippen LogP contribution in [0.1, 0.15) is 59.8 Å². The molecule has 1 saturated carbocycles. The predicted octanol–water partition coefficient (Wildman–Crippen LogP) is 8.27. The zero-order valence-corrected chi connectivity index (χ0v) is 20.6. The number of aromatic nitrogens is 1. The van der Waals surface area contributed by atoms with Crippen molar-refractivity contribution < 1.29 is 13.4 Å². The number of aryl methyl sites for hydroxylation is 3. The van der Waals surface area contributed by atoms with Crippen LogP contribution in [0, 0.1) is 19.7 Å². The number of benzene rings is 3. The fraction of sp³-hybridized carbons (Fsp3) is 0.281. The van der Waals surface area contributed by atoms with Crippen LogP contribution in [0.4, 0.5) is 4.39 Å². The van der Waals surface area contributed by atoms with Crippen LogP contribution in [0.3, 0.4) is 0 Å². The van der Waals surface area contributed by atoms with Gasteiger partial charge < -0.3 is 4.42 Å². The highest BCUT2D eigenvalue weighted by Crippen LogP contribution is 2.46. The molecule has 1 aliphatic rings. The lowest BCUT2D eigenvalue weighted by molar-refractivity contribution is -0.660. The lowest BCUT2D eigenvalue weighted by atomic mass is 9.76. The molecule has 176 valence electrons. The molecule has 0 aliphatic heterocycles. The number of rotatable bonds is 3. The van der Waals surface area contributed by atoms with E-state index in [2.05, 4.69) is 86.3 Å². The Balaban J connectivity index is 1.47. The normalized spacial score (nSPS) is 18.4. The van der Waals surface area contributed by atoms with Crippen LogP contribution in [0.25, 0.3) is 33.2 Å². The summed E-state index contributed by atoms with van der Waals surface area (Å²) >= 11 is 0. The van der Waals surface area contributed by atoms with Gasteiger partial charge in [0.15, 0.2) is 6.20 Å². The summed E-state index contributed by atoms with van der Waals surface area (Å²) in [5, 5.41) is 2.07. The van der Waals surface area contributed by atoms with Gasteiger partial charge in [-0.15, -0.1) is 0 Å². The number of pyridine rings is 1. The summed E-state index contributed by atoms with van der Waals surface area (Å²) in [6, 6.07) is 22.9. The van der Waals surface area contributed by atoms with Crippen molar-refractivity contribution >= 4 is 21.9 Å². The van der Waals surface area contributed by atoms with E-state index in [9.17, 15) is 0 Å². The van der Waals surface area contributed by atoms with Crippen LogP contribution in [0.15, 0.2) is 77.3 Å². The first-order chi connectivity index (χ1) is 17.0. The molecule has 0 saturated heterocycles. The smallest absolute Gasteiger partial charge is 0.216 e. The molecule has 5 aromatic rings. The minimum atomic E-state index is -0.140. The zero-order valence-electron chi connectivity index (χ0n) is 20.6. The Hall–Kier alpha value is -3.46.